The molecule has 1 aromatic carbocycles. The molecular formula is C21H26N6O. The third-order valence-electron chi connectivity index (χ3n) is 5.74. The van der Waals surface area contributed by atoms with Crippen LogP contribution in [0.3, 0.4) is 0 Å². The molecule has 1 unspecified atom stereocenters. The van der Waals surface area contributed by atoms with Crippen LogP contribution in [-0.2, 0) is 4.74 Å². The smallest absolute Gasteiger partial charge is 0.185 e. The number of rotatable bonds is 4. The molecule has 7 heteroatoms. The maximum absolute atomic E-state index is 5.48. The lowest BCUT2D eigenvalue weighted by atomic mass is 9.97. The highest BCUT2D eigenvalue weighted by atomic mass is 16.5. The van der Waals surface area contributed by atoms with Gasteiger partial charge in [-0.2, -0.15) is 4.52 Å². The van der Waals surface area contributed by atoms with Crippen LogP contribution >= 0.6 is 0 Å². The molecule has 0 aliphatic carbocycles. The van der Waals surface area contributed by atoms with E-state index in [4.69, 9.17) is 9.84 Å². The highest BCUT2D eigenvalue weighted by Crippen LogP contribution is 2.24. The van der Waals surface area contributed by atoms with Gasteiger partial charge in [-0.05, 0) is 30.9 Å². The number of nitrogens with zero attached hydrogens (tertiary/aromatic N) is 6. The van der Waals surface area contributed by atoms with Gasteiger partial charge in [0.15, 0.2) is 11.5 Å². The molecule has 2 aliphatic heterocycles. The van der Waals surface area contributed by atoms with Gasteiger partial charge < -0.3 is 9.64 Å². The fourth-order valence-electron chi connectivity index (χ4n) is 4.29. The molecule has 0 amide bonds. The number of morpholine rings is 1. The summed E-state index contributed by atoms with van der Waals surface area (Å²) in [6.45, 7) is 7.11. The Morgan fingerprint density at radius 1 is 0.964 bits per heavy atom. The Morgan fingerprint density at radius 3 is 2.68 bits per heavy atom. The van der Waals surface area contributed by atoms with Crippen molar-refractivity contribution in [2.45, 2.75) is 12.8 Å². The van der Waals surface area contributed by atoms with Gasteiger partial charge in [0.25, 0.3) is 0 Å². The van der Waals surface area contributed by atoms with Gasteiger partial charge in [-0.25, -0.2) is 0 Å². The minimum atomic E-state index is 0.679. The highest BCUT2D eigenvalue weighted by Gasteiger charge is 2.24. The second-order valence-electron chi connectivity index (χ2n) is 7.72. The number of hydrogen-bond donors (Lipinski definition) is 0. The number of benzene rings is 1. The molecule has 2 aromatic heterocycles. The highest BCUT2D eigenvalue weighted by molar-refractivity contribution is 5.59. The first-order valence-corrected chi connectivity index (χ1v) is 10.2. The van der Waals surface area contributed by atoms with E-state index in [1.807, 2.05) is 40.9 Å². The summed E-state index contributed by atoms with van der Waals surface area (Å²) in [4.78, 5) is 4.96. The van der Waals surface area contributed by atoms with Crippen molar-refractivity contribution in [2.75, 3.05) is 50.8 Å². The average Bonchev–Trinajstić information content (AvgIpc) is 3.19. The Balaban J connectivity index is 1.36. The van der Waals surface area contributed by atoms with Gasteiger partial charge in [0.05, 0.1) is 13.2 Å². The van der Waals surface area contributed by atoms with Gasteiger partial charge in [0.2, 0.25) is 0 Å². The minimum Gasteiger partial charge on any atom is -0.379 e. The van der Waals surface area contributed by atoms with Gasteiger partial charge in [-0.15, -0.1) is 15.3 Å². The zero-order valence-electron chi connectivity index (χ0n) is 16.1. The van der Waals surface area contributed by atoms with Crippen molar-refractivity contribution in [1.29, 1.82) is 0 Å². The van der Waals surface area contributed by atoms with Gasteiger partial charge in [-0.3, -0.25) is 4.90 Å². The summed E-state index contributed by atoms with van der Waals surface area (Å²) < 4.78 is 7.35. The van der Waals surface area contributed by atoms with Crippen LogP contribution in [0.4, 0.5) is 5.82 Å². The normalized spacial score (nSPS) is 21.3. The number of aromatic nitrogens is 4. The van der Waals surface area contributed by atoms with Gasteiger partial charge in [0, 0.05) is 38.3 Å². The molecule has 0 radical (unpaired) electrons. The molecule has 3 aromatic rings. The number of piperidine rings is 1. The molecule has 0 N–H and O–H groups in total. The summed E-state index contributed by atoms with van der Waals surface area (Å²) in [6, 6.07) is 14.2. The Kier molecular flexibility index (Phi) is 4.93. The van der Waals surface area contributed by atoms with E-state index >= 15 is 0 Å². The number of hydrogen-bond acceptors (Lipinski definition) is 6. The third-order valence-corrected chi connectivity index (χ3v) is 5.74. The molecule has 4 heterocycles. The summed E-state index contributed by atoms with van der Waals surface area (Å²) >= 11 is 0. The van der Waals surface area contributed by atoms with Crippen molar-refractivity contribution in [3.63, 3.8) is 0 Å². The molecule has 0 saturated carbocycles. The predicted molar refractivity (Wildman–Crippen MR) is 108 cm³/mol. The SMILES string of the molecule is c1ccc(-c2nnc3ccc(N4CCCC(CN5CCOCC5)C4)nn23)cc1. The Hall–Kier alpha value is -2.51. The summed E-state index contributed by atoms with van der Waals surface area (Å²) in [6.07, 6.45) is 2.50. The molecule has 1 atom stereocenters. The zero-order chi connectivity index (χ0) is 18.8. The molecule has 7 nitrogen and oxygen atoms in total. The second kappa shape index (κ2) is 7.85. The molecule has 0 spiro atoms. The van der Waals surface area contributed by atoms with E-state index in [0.29, 0.717) is 5.92 Å². The van der Waals surface area contributed by atoms with Gasteiger partial charge in [0.1, 0.15) is 5.82 Å². The van der Waals surface area contributed by atoms with Crippen LogP contribution in [0.25, 0.3) is 17.0 Å². The fourth-order valence-corrected chi connectivity index (χ4v) is 4.29. The van der Waals surface area contributed by atoms with Crippen LogP contribution < -0.4 is 4.90 Å². The summed E-state index contributed by atoms with van der Waals surface area (Å²) in [5.41, 5.74) is 1.81. The van der Waals surface area contributed by atoms with Crippen LogP contribution in [0.2, 0.25) is 0 Å². The first-order chi connectivity index (χ1) is 13.9. The van der Waals surface area contributed by atoms with E-state index in [2.05, 4.69) is 26.1 Å². The molecule has 146 valence electrons. The van der Waals surface area contributed by atoms with Crippen LogP contribution in [0.5, 0.6) is 0 Å². The van der Waals surface area contributed by atoms with E-state index in [9.17, 15) is 0 Å². The Morgan fingerprint density at radius 2 is 1.82 bits per heavy atom. The standard InChI is InChI=1S/C21H26N6O/c1-2-6-18(7-3-1)21-23-22-19-8-9-20(24-27(19)21)26-10-4-5-17(16-26)15-25-11-13-28-14-12-25/h1-3,6-9,17H,4-5,10-16H2. The lowest BCUT2D eigenvalue weighted by Crippen LogP contribution is -2.44. The van der Waals surface area contributed by atoms with Gasteiger partial charge >= 0.3 is 0 Å². The average molecular weight is 378 g/mol. The third kappa shape index (κ3) is 3.59. The van der Waals surface area contributed by atoms with Crippen molar-refractivity contribution in [3.05, 3.63) is 42.5 Å². The fraction of sp³-hybridized carbons (Fsp3) is 0.476. The number of fused-ring (bicyclic) bond motifs is 1. The molecule has 28 heavy (non-hydrogen) atoms. The quantitative estimate of drug-likeness (QED) is 0.695. The number of ether oxygens (including phenoxy) is 1. The predicted octanol–water partition coefficient (Wildman–Crippen LogP) is 2.34. The minimum absolute atomic E-state index is 0.679. The molecule has 2 fully saturated rings. The summed E-state index contributed by atoms with van der Waals surface area (Å²) in [5, 5.41) is 13.5. The van der Waals surface area contributed by atoms with E-state index in [1.54, 1.807) is 0 Å². The Bertz CT molecular complexity index is 921. The van der Waals surface area contributed by atoms with E-state index < -0.39 is 0 Å². The van der Waals surface area contributed by atoms with Crippen LogP contribution in [0.1, 0.15) is 12.8 Å². The molecule has 5 rings (SSSR count). The first kappa shape index (κ1) is 17.6. The van der Waals surface area contributed by atoms with Crippen molar-refractivity contribution >= 4 is 11.5 Å². The lowest BCUT2D eigenvalue weighted by molar-refractivity contribution is 0.0296. The second-order valence-corrected chi connectivity index (χ2v) is 7.72. The first-order valence-electron chi connectivity index (χ1n) is 10.2. The van der Waals surface area contributed by atoms with Crippen LogP contribution in [0.15, 0.2) is 42.5 Å². The molecule has 2 saturated heterocycles. The largest absolute Gasteiger partial charge is 0.379 e. The van der Waals surface area contributed by atoms with E-state index in [-0.39, 0.29) is 0 Å². The van der Waals surface area contributed by atoms with Gasteiger partial charge in [-0.1, -0.05) is 30.3 Å². The van der Waals surface area contributed by atoms with Crippen molar-refractivity contribution in [3.8, 4) is 11.4 Å². The monoisotopic (exact) mass is 378 g/mol. The Labute approximate surface area is 164 Å². The molecule has 2 aliphatic rings. The number of anilines is 1. The maximum atomic E-state index is 5.48. The summed E-state index contributed by atoms with van der Waals surface area (Å²) in [7, 11) is 0. The van der Waals surface area contributed by atoms with Crippen LogP contribution in [0, 0.1) is 5.92 Å². The molecular weight excluding hydrogens is 352 g/mol. The zero-order valence-corrected chi connectivity index (χ0v) is 16.1. The topological polar surface area (TPSA) is 58.8 Å². The van der Waals surface area contributed by atoms with Crippen LogP contribution in [-0.4, -0.2) is 70.6 Å². The summed E-state index contributed by atoms with van der Waals surface area (Å²) in [5.74, 6) is 2.48. The van der Waals surface area contributed by atoms with Crippen molar-refractivity contribution < 1.29 is 4.74 Å². The lowest BCUT2D eigenvalue weighted by Gasteiger charge is -2.37. The maximum Gasteiger partial charge on any atom is 0.185 e. The van der Waals surface area contributed by atoms with Crippen molar-refractivity contribution in [2.24, 2.45) is 5.92 Å². The van der Waals surface area contributed by atoms with E-state index in [0.717, 1.165) is 68.8 Å². The van der Waals surface area contributed by atoms with E-state index in [1.165, 1.54) is 12.8 Å². The van der Waals surface area contributed by atoms with Crippen molar-refractivity contribution in [1.82, 2.24) is 24.7 Å². The molecule has 0 bridgehead atoms.